The zero-order chi connectivity index (χ0) is 50.0. The van der Waals surface area contributed by atoms with Crippen molar-refractivity contribution in [3.8, 4) is 0 Å². The van der Waals surface area contributed by atoms with Gasteiger partial charge in [0.05, 0.1) is 0 Å². The number of allylic oxidation sites excluding steroid dienone is 12. The topological polar surface area (TPSA) is 78.9 Å². The molecule has 398 valence electrons. The SMILES string of the molecule is CC/C=C\C/C=C\C/C=C\C/C=C\CCC(=O)OCC(COC(=O)CCCCCCCCCCCCC/C=C\CCCCCCCCCC)OC(=O)CCCCCCC/C=C\CCCCCCCC. The summed E-state index contributed by atoms with van der Waals surface area (Å²) in [5.41, 5.74) is 0. The molecule has 69 heavy (non-hydrogen) atoms. The van der Waals surface area contributed by atoms with Crippen LogP contribution in [0.2, 0.25) is 0 Å². The fourth-order valence-corrected chi connectivity index (χ4v) is 8.27. The lowest BCUT2D eigenvalue weighted by molar-refractivity contribution is -0.166. The van der Waals surface area contributed by atoms with Crippen LogP contribution in [0.15, 0.2) is 72.9 Å². The molecule has 0 bridgehead atoms. The van der Waals surface area contributed by atoms with Crippen molar-refractivity contribution in [2.24, 2.45) is 0 Å². The number of carbonyl (C=O) groups is 3. The van der Waals surface area contributed by atoms with Gasteiger partial charge in [0, 0.05) is 19.3 Å². The molecule has 6 nitrogen and oxygen atoms in total. The van der Waals surface area contributed by atoms with Crippen molar-refractivity contribution in [3.63, 3.8) is 0 Å². The average molecular weight is 964 g/mol. The summed E-state index contributed by atoms with van der Waals surface area (Å²) in [6.07, 6.45) is 73.5. The zero-order valence-electron chi connectivity index (χ0n) is 45.6. The van der Waals surface area contributed by atoms with Gasteiger partial charge in [-0.1, -0.05) is 248 Å². The Labute approximate surface area is 427 Å². The van der Waals surface area contributed by atoms with Crippen molar-refractivity contribution >= 4 is 17.9 Å². The van der Waals surface area contributed by atoms with Crippen LogP contribution in [-0.4, -0.2) is 37.2 Å². The highest BCUT2D eigenvalue weighted by molar-refractivity contribution is 5.71. The molecule has 0 aromatic carbocycles. The number of hydrogen-bond donors (Lipinski definition) is 0. The Kier molecular flexibility index (Phi) is 54.8. The van der Waals surface area contributed by atoms with Crippen molar-refractivity contribution in [3.05, 3.63) is 72.9 Å². The Morgan fingerprint density at radius 1 is 0.304 bits per heavy atom. The zero-order valence-corrected chi connectivity index (χ0v) is 45.6. The van der Waals surface area contributed by atoms with E-state index in [1.807, 2.05) is 6.08 Å². The molecule has 0 N–H and O–H groups in total. The van der Waals surface area contributed by atoms with Gasteiger partial charge in [0.1, 0.15) is 13.2 Å². The summed E-state index contributed by atoms with van der Waals surface area (Å²) < 4.78 is 16.8. The number of esters is 3. The molecule has 1 unspecified atom stereocenters. The van der Waals surface area contributed by atoms with Gasteiger partial charge in [0.25, 0.3) is 0 Å². The number of hydrogen-bond acceptors (Lipinski definition) is 6. The molecule has 0 aliphatic rings. The van der Waals surface area contributed by atoms with Gasteiger partial charge < -0.3 is 14.2 Å². The highest BCUT2D eigenvalue weighted by atomic mass is 16.6. The Hall–Kier alpha value is -3.15. The molecule has 0 spiro atoms. The van der Waals surface area contributed by atoms with Crippen molar-refractivity contribution < 1.29 is 28.6 Å². The first-order valence-corrected chi connectivity index (χ1v) is 29.4. The Morgan fingerprint density at radius 3 is 0.971 bits per heavy atom. The quantitative estimate of drug-likeness (QED) is 0.0262. The highest BCUT2D eigenvalue weighted by Crippen LogP contribution is 2.15. The molecule has 0 saturated heterocycles. The van der Waals surface area contributed by atoms with E-state index < -0.39 is 6.10 Å². The molecule has 6 heteroatoms. The van der Waals surface area contributed by atoms with E-state index in [0.717, 1.165) is 77.0 Å². The van der Waals surface area contributed by atoms with E-state index in [1.54, 1.807) is 0 Å². The fraction of sp³-hybridized carbons (Fsp3) is 0.762. The number of unbranched alkanes of at least 4 members (excludes halogenated alkanes) is 30. The lowest BCUT2D eigenvalue weighted by Crippen LogP contribution is -2.30. The van der Waals surface area contributed by atoms with Crippen molar-refractivity contribution in [1.29, 1.82) is 0 Å². The van der Waals surface area contributed by atoms with Crippen LogP contribution in [0.3, 0.4) is 0 Å². The van der Waals surface area contributed by atoms with Gasteiger partial charge in [-0.25, -0.2) is 0 Å². The predicted octanol–water partition coefficient (Wildman–Crippen LogP) is 19.8. The second-order valence-corrected chi connectivity index (χ2v) is 19.5. The van der Waals surface area contributed by atoms with Crippen LogP contribution in [0.5, 0.6) is 0 Å². The maximum atomic E-state index is 12.8. The molecule has 0 aromatic heterocycles. The largest absolute Gasteiger partial charge is 0.462 e. The summed E-state index contributed by atoms with van der Waals surface area (Å²) >= 11 is 0. The molecule has 0 fully saturated rings. The fourth-order valence-electron chi connectivity index (χ4n) is 8.27. The summed E-state index contributed by atoms with van der Waals surface area (Å²) in [4.78, 5) is 38.1. The summed E-state index contributed by atoms with van der Waals surface area (Å²) in [5, 5.41) is 0. The van der Waals surface area contributed by atoms with Crippen LogP contribution < -0.4 is 0 Å². The minimum atomic E-state index is -0.808. The Morgan fingerprint density at radius 2 is 0.594 bits per heavy atom. The van der Waals surface area contributed by atoms with Crippen LogP contribution in [0, 0.1) is 0 Å². The summed E-state index contributed by atoms with van der Waals surface area (Å²) in [6.45, 7) is 6.47. The lowest BCUT2D eigenvalue weighted by Gasteiger charge is -2.18. The monoisotopic (exact) mass is 963 g/mol. The molecule has 1 atom stereocenters. The first kappa shape index (κ1) is 65.8. The molecule has 0 aliphatic carbocycles. The summed E-state index contributed by atoms with van der Waals surface area (Å²) in [6, 6.07) is 0. The minimum absolute atomic E-state index is 0.100. The molecule has 0 saturated carbocycles. The molecule has 0 amide bonds. The number of rotatable bonds is 53. The van der Waals surface area contributed by atoms with Gasteiger partial charge in [-0.05, 0) is 96.3 Å². The average Bonchev–Trinajstić information content (AvgIpc) is 3.35. The van der Waals surface area contributed by atoms with E-state index in [0.29, 0.717) is 19.3 Å². The molecule has 0 aromatic rings. The highest BCUT2D eigenvalue weighted by Gasteiger charge is 2.19. The van der Waals surface area contributed by atoms with Gasteiger partial charge in [0.15, 0.2) is 6.10 Å². The first-order chi connectivity index (χ1) is 34.0. The van der Waals surface area contributed by atoms with E-state index in [9.17, 15) is 14.4 Å². The van der Waals surface area contributed by atoms with Crippen molar-refractivity contribution in [2.75, 3.05) is 13.2 Å². The van der Waals surface area contributed by atoms with E-state index in [4.69, 9.17) is 14.2 Å². The molecule has 0 rings (SSSR count). The van der Waals surface area contributed by atoms with Gasteiger partial charge in [-0.15, -0.1) is 0 Å². The van der Waals surface area contributed by atoms with E-state index in [1.165, 1.54) is 167 Å². The van der Waals surface area contributed by atoms with Gasteiger partial charge in [-0.2, -0.15) is 0 Å². The van der Waals surface area contributed by atoms with Gasteiger partial charge in [0.2, 0.25) is 0 Å². The van der Waals surface area contributed by atoms with Crippen LogP contribution in [0.4, 0.5) is 0 Å². The van der Waals surface area contributed by atoms with Gasteiger partial charge >= 0.3 is 17.9 Å². The number of ether oxygens (including phenoxy) is 3. The van der Waals surface area contributed by atoms with E-state index in [-0.39, 0.29) is 37.5 Å². The first-order valence-electron chi connectivity index (χ1n) is 29.4. The molecule has 0 radical (unpaired) electrons. The smallest absolute Gasteiger partial charge is 0.306 e. The predicted molar refractivity (Wildman–Crippen MR) is 298 cm³/mol. The number of carbonyl (C=O) groups excluding carboxylic acids is 3. The van der Waals surface area contributed by atoms with Crippen LogP contribution in [-0.2, 0) is 28.6 Å². The molecular formula is C63H110O6. The standard InChI is InChI=1S/C63H110O6/c1-4-7-10-13-16-19-22-25-27-28-29-30-31-32-33-34-36-38-41-44-47-50-53-56-62(65)68-59-60(58-67-61(64)55-52-49-46-43-40-37-24-21-18-15-12-9-6-3)69-63(66)57-54-51-48-45-42-39-35-26-23-20-17-14-11-8-5-2/h9,12,18,21,26,28-29,35,37,40,46,49,60H,4-8,10-11,13-17,19-20,22-25,27,30-34,36,38-39,41-45,47-48,50-59H2,1-3H3/b12-9-,21-18-,29-28-,35-26-,40-37-,49-46-. The van der Waals surface area contributed by atoms with Crippen LogP contribution in [0.25, 0.3) is 0 Å². The van der Waals surface area contributed by atoms with Crippen LogP contribution >= 0.6 is 0 Å². The Balaban J connectivity index is 4.35. The third-order valence-corrected chi connectivity index (χ3v) is 12.7. The van der Waals surface area contributed by atoms with E-state index >= 15 is 0 Å². The maximum Gasteiger partial charge on any atom is 0.306 e. The van der Waals surface area contributed by atoms with Crippen molar-refractivity contribution in [1.82, 2.24) is 0 Å². The van der Waals surface area contributed by atoms with Crippen molar-refractivity contribution in [2.45, 2.75) is 297 Å². The molecule has 0 heterocycles. The summed E-state index contributed by atoms with van der Waals surface area (Å²) in [7, 11) is 0. The normalized spacial score (nSPS) is 12.6. The van der Waals surface area contributed by atoms with Crippen LogP contribution in [0.1, 0.15) is 290 Å². The summed E-state index contributed by atoms with van der Waals surface area (Å²) in [5.74, 6) is -0.987. The lowest BCUT2D eigenvalue weighted by atomic mass is 10.0. The molecular weight excluding hydrogens is 853 g/mol. The molecule has 0 aliphatic heterocycles. The third kappa shape index (κ3) is 55.6. The second-order valence-electron chi connectivity index (χ2n) is 19.5. The van der Waals surface area contributed by atoms with Gasteiger partial charge in [-0.3, -0.25) is 14.4 Å². The third-order valence-electron chi connectivity index (χ3n) is 12.7. The maximum absolute atomic E-state index is 12.8. The van der Waals surface area contributed by atoms with E-state index in [2.05, 4.69) is 87.6 Å². The minimum Gasteiger partial charge on any atom is -0.462 e. The Bertz CT molecular complexity index is 1290. The second kappa shape index (κ2) is 57.4.